The lowest BCUT2D eigenvalue weighted by molar-refractivity contribution is 0.170. The molecule has 3 aliphatic rings. The van der Waals surface area contributed by atoms with Gasteiger partial charge in [-0.15, -0.1) is 0 Å². The molecule has 3 heteroatoms. The van der Waals surface area contributed by atoms with E-state index < -0.39 is 0 Å². The van der Waals surface area contributed by atoms with Crippen molar-refractivity contribution in [1.82, 2.24) is 10.2 Å². The molecule has 1 aliphatic heterocycles. The van der Waals surface area contributed by atoms with E-state index in [-0.39, 0.29) is 5.54 Å². The molecule has 0 aromatic rings. The SMILES string of the molecule is CNC1(C#N)CCCC1CCN1CCCC1C1CCCC1. The number of nitriles is 1. The van der Waals surface area contributed by atoms with Crippen LogP contribution in [0.2, 0.25) is 0 Å². The minimum absolute atomic E-state index is 0.234. The number of likely N-dealkylation sites (tertiary alicyclic amines) is 1. The third-order valence-electron chi connectivity index (χ3n) is 6.59. The highest BCUT2D eigenvalue weighted by Crippen LogP contribution is 2.39. The van der Waals surface area contributed by atoms with Gasteiger partial charge in [0.25, 0.3) is 0 Å². The topological polar surface area (TPSA) is 39.1 Å². The predicted molar refractivity (Wildman–Crippen MR) is 85.9 cm³/mol. The van der Waals surface area contributed by atoms with Gasteiger partial charge in [-0.05, 0) is 76.9 Å². The Morgan fingerprint density at radius 1 is 1.14 bits per heavy atom. The minimum Gasteiger partial charge on any atom is -0.302 e. The number of rotatable bonds is 5. The second-order valence-electron chi connectivity index (χ2n) is 7.50. The predicted octanol–water partition coefficient (Wildman–Crippen LogP) is 3.31. The molecular weight excluding hydrogens is 258 g/mol. The summed E-state index contributed by atoms with van der Waals surface area (Å²) in [5, 5.41) is 12.9. The molecule has 0 spiro atoms. The maximum atomic E-state index is 9.58. The highest BCUT2D eigenvalue weighted by molar-refractivity contribution is 5.13. The summed E-state index contributed by atoms with van der Waals surface area (Å²) in [6.45, 7) is 2.52. The molecule has 1 heterocycles. The van der Waals surface area contributed by atoms with E-state index in [1.54, 1.807) is 0 Å². The van der Waals surface area contributed by atoms with Gasteiger partial charge in [-0.25, -0.2) is 0 Å². The van der Waals surface area contributed by atoms with Crippen LogP contribution < -0.4 is 5.32 Å². The van der Waals surface area contributed by atoms with E-state index >= 15 is 0 Å². The fourth-order valence-electron chi connectivity index (χ4n) is 5.33. The molecule has 3 fully saturated rings. The summed E-state index contributed by atoms with van der Waals surface area (Å²) in [4.78, 5) is 2.77. The molecule has 0 amide bonds. The summed E-state index contributed by atoms with van der Waals surface area (Å²) in [6.07, 6.45) is 13.3. The molecule has 1 saturated heterocycles. The van der Waals surface area contributed by atoms with Gasteiger partial charge in [0, 0.05) is 6.04 Å². The number of nitrogens with one attached hydrogen (secondary N) is 1. The summed E-state index contributed by atoms with van der Waals surface area (Å²) in [5.74, 6) is 1.53. The third kappa shape index (κ3) is 2.98. The monoisotopic (exact) mass is 289 g/mol. The van der Waals surface area contributed by atoms with Crippen LogP contribution >= 0.6 is 0 Å². The molecule has 3 rings (SSSR count). The molecular formula is C18H31N3. The van der Waals surface area contributed by atoms with Crippen molar-refractivity contribution in [3.63, 3.8) is 0 Å². The lowest BCUT2D eigenvalue weighted by atomic mass is 9.85. The number of nitrogens with zero attached hydrogens (tertiary/aromatic N) is 2. The van der Waals surface area contributed by atoms with Crippen LogP contribution in [0.15, 0.2) is 0 Å². The Kier molecular flexibility index (Phi) is 4.86. The Hall–Kier alpha value is -0.590. The molecule has 2 aliphatic carbocycles. The van der Waals surface area contributed by atoms with E-state index in [2.05, 4.69) is 16.3 Å². The second-order valence-corrected chi connectivity index (χ2v) is 7.50. The zero-order valence-corrected chi connectivity index (χ0v) is 13.6. The van der Waals surface area contributed by atoms with Crippen LogP contribution in [0.4, 0.5) is 0 Å². The van der Waals surface area contributed by atoms with Crippen molar-refractivity contribution >= 4 is 0 Å². The molecule has 3 unspecified atom stereocenters. The first kappa shape index (κ1) is 15.3. The van der Waals surface area contributed by atoms with Crippen molar-refractivity contribution in [1.29, 1.82) is 5.26 Å². The van der Waals surface area contributed by atoms with Gasteiger partial charge in [0.1, 0.15) is 5.54 Å². The molecule has 0 aromatic heterocycles. The van der Waals surface area contributed by atoms with Crippen molar-refractivity contribution in [2.24, 2.45) is 11.8 Å². The second kappa shape index (κ2) is 6.67. The summed E-state index contributed by atoms with van der Waals surface area (Å²) < 4.78 is 0. The first-order chi connectivity index (χ1) is 10.3. The molecule has 21 heavy (non-hydrogen) atoms. The van der Waals surface area contributed by atoms with Crippen molar-refractivity contribution in [3.05, 3.63) is 0 Å². The molecule has 3 atom stereocenters. The van der Waals surface area contributed by atoms with Crippen LogP contribution in [0.25, 0.3) is 0 Å². The van der Waals surface area contributed by atoms with Crippen LogP contribution in [0.1, 0.15) is 64.2 Å². The van der Waals surface area contributed by atoms with Crippen LogP contribution in [0.5, 0.6) is 0 Å². The third-order valence-corrected chi connectivity index (χ3v) is 6.59. The van der Waals surface area contributed by atoms with Crippen molar-refractivity contribution in [2.45, 2.75) is 75.8 Å². The van der Waals surface area contributed by atoms with E-state index in [0.717, 1.165) is 18.4 Å². The van der Waals surface area contributed by atoms with Gasteiger partial charge in [0.05, 0.1) is 6.07 Å². The van der Waals surface area contributed by atoms with Crippen LogP contribution in [0.3, 0.4) is 0 Å². The summed E-state index contributed by atoms with van der Waals surface area (Å²) in [6, 6.07) is 3.45. The fourth-order valence-corrected chi connectivity index (χ4v) is 5.33. The van der Waals surface area contributed by atoms with E-state index in [1.165, 1.54) is 70.9 Å². The Morgan fingerprint density at radius 3 is 2.67 bits per heavy atom. The molecule has 0 radical (unpaired) electrons. The van der Waals surface area contributed by atoms with Gasteiger partial charge in [-0.2, -0.15) is 5.26 Å². The van der Waals surface area contributed by atoms with Gasteiger partial charge in [0.2, 0.25) is 0 Å². The maximum Gasteiger partial charge on any atom is 0.109 e. The highest BCUT2D eigenvalue weighted by Gasteiger charge is 2.42. The van der Waals surface area contributed by atoms with Crippen LogP contribution in [0, 0.1) is 23.2 Å². The Bertz CT molecular complexity index is 382. The average Bonchev–Trinajstić information content (AvgIpc) is 3.24. The first-order valence-electron chi connectivity index (χ1n) is 9.13. The molecule has 0 aromatic carbocycles. The minimum atomic E-state index is -0.234. The lowest BCUT2D eigenvalue weighted by Gasteiger charge is -2.33. The van der Waals surface area contributed by atoms with E-state index in [4.69, 9.17) is 0 Å². The van der Waals surface area contributed by atoms with Crippen molar-refractivity contribution in [2.75, 3.05) is 20.1 Å². The Labute approximate surface area is 130 Å². The summed E-state index contributed by atoms with van der Waals surface area (Å²) >= 11 is 0. The van der Waals surface area contributed by atoms with Crippen LogP contribution in [-0.2, 0) is 0 Å². The zero-order valence-electron chi connectivity index (χ0n) is 13.6. The van der Waals surface area contributed by atoms with Gasteiger partial charge in [-0.1, -0.05) is 19.3 Å². The molecule has 2 saturated carbocycles. The van der Waals surface area contributed by atoms with Crippen molar-refractivity contribution in [3.8, 4) is 6.07 Å². The highest BCUT2D eigenvalue weighted by atomic mass is 15.2. The maximum absolute atomic E-state index is 9.58. The van der Waals surface area contributed by atoms with Gasteiger partial charge in [0.15, 0.2) is 0 Å². The standard InChI is InChI=1S/C18H31N3/c1-20-18(14-19)11-4-8-16(18)10-13-21-12-5-9-17(21)15-6-2-3-7-15/h15-17,20H,2-13H2,1H3. The van der Waals surface area contributed by atoms with Crippen molar-refractivity contribution < 1.29 is 0 Å². The normalized spacial score (nSPS) is 38.1. The molecule has 0 bridgehead atoms. The number of hydrogen-bond donors (Lipinski definition) is 1. The molecule has 3 nitrogen and oxygen atoms in total. The summed E-state index contributed by atoms with van der Waals surface area (Å²) in [7, 11) is 1.97. The van der Waals surface area contributed by atoms with Gasteiger partial charge in [-0.3, -0.25) is 0 Å². The largest absolute Gasteiger partial charge is 0.302 e. The van der Waals surface area contributed by atoms with Gasteiger partial charge >= 0.3 is 0 Å². The van der Waals surface area contributed by atoms with Crippen LogP contribution in [-0.4, -0.2) is 36.6 Å². The zero-order chi connectivity index (χ0) is 14.7. The average molecular weight is 289 g/mol. The fraction of sp³-hybridized carbons (Fsp3) is 0.944. The van der Waals surface area contributed by atoms with E-state index in [9.17, 15) is 5.26 Å². The smallest absolute Gasteiger partial charge is 0.109 e. The van der Waals surface area contributed by atoms with E-state index in [1.807, 2.05) is 7.05 Å². The first-order valence-corrected chi connectivity index (χ1v) is 9.13. The van der Waals surface area contributed by atoms with Gasteiger partial charge < -0.3 is 10.2 Å². The van der Waals surface area contributed by atoms with E-state index in [0.29, 0.717) is 5.92 Å². The molecule has 118 valence electrons. The lowest BCUT2D eigenvalue weighted by Crippen LogP contribution is -2.46. The quantitative estimate of drug-likeness (QED) is 0.844. The number of hydrogen-bond acceptors (Lipinski definition) is 3. The Balaban J connectivity index is 1.55. The molecule has 1 N–H and O–H groups in total. The Morgan fingerprint density at radius 2 is 1.95 bits per heavy atom. The summed E-state index contributed by atoms with van der Waals surface area (Å²) in [5.41, 5.74) is -0.234.